The van der Waals surface area contributed by atoms with Crippen molar-refractivity contribution in [2.24, 2.45) is 5.73 Å². The van der Waals surface area contributed by atoms with E-state index in [9.17, 15) is 9.59 Å². The average molecular weight is 215 g/mol. The van der Waals surface area contributed by atoms with E-state index in [2.05, 4.69) is 4.90 Å². The molecule has 0 atom stereocenters. The van der Waals surface area contributed by atoms with Crippen molar-refractivity contribution in [1.29, 1.82) is 0 Å². The first kappa shape index (κ1) is 13.9. The minimum atomic E-state index is -0.426. The molecule has 0 aromatic rings. The first-order valence-corrected chi connectivity index (χ1v) is 5.10. The summed E-state index contributed by atoms with van der Waals surface area (Å²) in [6.07, 6.45) is 1.29. The highest BCUT2D eigenvalue weighted by Gasteiger charge is 2.09. The Balaban J connectivity index is 3.64. The van der Waals surface area contributed by atoms with Gasteiger partial charge in [0.1, 0.15) is 0 Å². The molecule has 0 aliphatic rings. The minimum absolute atomic E-state index is 0.0208. The van der Waals surface area contributed by atoms with Gasteiger partial charge in [-0.05, 0) is 27.1 Å². The van der Waals surface area contributed by atoms with Gasteiger partial charge in [0.05, 0.1) is 0 Å². The van der Waals surface area contributed by atoms with Crippen molar-refractivity contribution in [1.82, 2.24) is 9.80 Å². The van der Waals surface area contributed by atoms with Gasteiger partial charge in [0.25, 0.3) is 0 Å². The second kappa shape index (κ2) is 7.23. The molecule has 0 bridgehead atoms. The van der Waals surface area contributed by atoms with Crippen molar-refractivity contribution in [2.45, 2.75) is 19.3 Å². The molecule has 0 rings (SSSR count). The Labute approximate surface area is 91.2 Å². The highest BCUT2D eigenvalue weighted by atomic mass is 16.2. The zero-order valence-corrected chi connectivity index (χ0v) is 9.82. The van der Waals surface area contributed by atoms with Crippen LogP contribution in [0, 0.1) is 0 Å². The summed E-state index contributed by atoms with van der Waals surface area (Å²) < 4.78 is 0. The molecule has 0 radical (unpaired) electrons. The van der Waals surface area contributed by atoms with Crippen molar-refractivity contribution >= 4 is 11.8 Å². The maximum atomic E-state index is 11.4. The monoisotopic (exact) mass is 215 g/mol. The van der Waals surface area contributed by atoms with Gasteiger partial charge in [0.2, 0.25) is 11.8 Å². The fourth-order valence-electron chi connectivity index (χ4n) is 1.17. The van der Waals surface area contributed by atoms with E-state index >= 15 is 0 Å². The van der Waals surface area contributed by atoms with Crippen LogP contribution in [0.5, 0.6) is 0 Å². The Morgan fingerprint density at radius 2 is 1.67 bits per heavy atom. The SMILES string of the molecule is CN(C)CCCN(C)C(=O)CCC(N)=O. The van der Waals surface area contributed by atoms with E-state index in [1.165, 1.54) is 0 Å². The number of nitrogens with zero attached hydrogens (tertiary/aromatic N) is 2. The molecular formula is C10H21N3O2. The summed E-state index contributed by atoms with van der Waals surface area (Å²) in [6.45, 7) is 1.67. The molecule has 2 N–H and O–H groups in total. The maximum absolute atomic E-state index is 11.4. The quantitative estimate of drug-likeness (QED) is 0.632. The Morgan fingerprint density at radius 3 is 2.13 bits per heavy atom. The van der Waals surface area contributed by atoms with Crippen molar-refractivity contribution in [3.63, 3.8) is 0 Å². The molecule has 0 aromatic heterocycles. The standard InChI is InChI=1S/C10H21N3O2/c1-12(2)7-4-8-13(3)10(15)6-5-9(11)14/h4-8H2,1-3H3,(H2,11,14). The molecule has 2 amide bonds. The maximum Gasteiger partial charge on any atom is 0.222 e. The molecule has 0 heterocycles. The molecule has 0 fully saturated rings. The molecule has 0 spiro atoms. The fraction of sp³-hybridized carbons (Fsp3) is 0.800. The number of hydrogen-bond acceptors (Lipinski definition) is 3. The van der Waals surface area contributed by atoms with Crippen LogP contribution >= 0.6 is 0 Å². The Kier molecular flexibility index (Phi) is 6.70. The fourth-order valence-corrected chi connectivity index (χ4v) is 1.17. The second-order valence-corrected chi connectivity index (χ2v) is 3.94. The van der Waals surface area contributed by atoms with Crippen LogP contribution < -0.4 is 5.73 Å². The molecule has 5 nitrogen and oxygen atoms in total. The number of carbonyl (C=O) groups is 2. The van der Waals surface area contributed by atoms with Crippen LogP contribution in [-0.2, 0) is 9.59 Å². The number of hydrogen-bond donors (Lipinski definition) is 1. The lowest BCUT2D eigenvalue weighted by molar-refractivity contribution is -0.132. The predicted molar refractivity (Wildman–Crippen MR) is 59.2 cm³/mol. The Morgan fingerprint density at radius 1 is 1.07 bits per heavy atom. The van der Waals surface area contributed by atoms with Crippen molar-refractivity contribution in [2.75, 3.05) is 34.2 Å². The van der Waals surface area contributed by atoms with E-state index in [0.717, 1.165) is 19.5 Å². The van der Waals surface area contributed by atoms with Crippen LogP contribution in [-0.4, -0.2) is 55.8 Å². The normalized spacial score (nSPS) is 10.4. The summed E-state index contributed by atoms with van der Waals surface area (Å²) in [5, 5.41) is 0. The van der Waals surface area contributed by atoms with Gasteiger partial charge in [-0.25, -0.2) is 0 Å². The molecule has 15 heavy (non-hydrogen) atoms. The lowest BCUT2D eigenvalue weighted by atomic mass is 10.2. The smallest absolute Gasteiger partial charge is 0.222 e. The number of carbonyl (C=O) groups excluding carboxylic acids is 2. The zero-order chi connectivity index (χ0) is 11.8. The Hall–Kier alpha value is -1.10. The predicted octanol–water partition coefficient (Wildman–Crippen LogP) is -0.338. The van der Waals surface area contributed by atoms with E-state index in [4.69, 9.17) is 5.73 Å². The topological polar surface area (TPSA) is 66.6 Å². The average Bonchev–Trinajstić information content (AvgIpc) is 2.13. The van der Waals surface area contributed by atoms with Crippen LogP contribution in [0.1, 0.15) is 19.3 Å². The Bertz CT molecular complexity index is 217. The van der Waals surface area contributed by atoms with Crippen LogP contribution in [0.15, 0.2) is 0 Å². The molecule has 0 saturated heterocycles. The summed E-state index contributed by atoms with van der Waals surface area (Å²) >= 11 is 0. The minimum Gasteiger partial charge on any atom is -0.370 e. The zero-order valence-electron chi connectivity index (χ0n) is 9.82. The van der Waals surface area contributed by atoms with Gasteiger partial charge < -0.3 is 15.5 Å². The van der Waals surface area contributed by atoms with Gasteiger partial charge in [-0.2, -0.15) is 0 Å². The lowest BCUT2D eigenvalue weighted by Crippen LogP contribution is -2.30. The summed E-state index contributed by atoms with van der Waals surface area (Å²) in [7, 11) is 5.74. The molecule has 5 heteroatoms. The third kappa shape index (κ3) is 7.93. The van der Waals surface area contributed by atoms with E-state index < -0.39 is 5.91 Å². The number of rotatable bonds is 7. The van der Waals surface area contributed by atoms with Gasteiger partial charge in [0, 0.05) is 26.4 Å². The van der Waals surface area contributed by atoms with Crippen LogP contribution in [0.25, 0.3) is 0 Å². The first-order chi connectivity index (χ1) is 6.93. The third-order valence-corrected chi connectivity index (χ3v) is 2.11. The van der Waals surface area contributed by atoms with E-state index in [1.807, 2.05) is 14.1 Å². The van der Waals surface area contributed by atoms with Gasteiger partial charge in [-0.1, -0.05) is 0 Å². The van der Waals surface area contributed by atoms with E-state index in [0.29, 0.717) is 0 Å². The largest absolute Gasteiger partial charge is 0.370 e. The molecule has 88 valence electrons. The summed E-state index contributed by atoms with van der Waals surface area (Å²) in [5.41, 5.74) is 4.96. The van der Waals surface area contributed by atoms with Crippen molar-refractivity contribution in [3.05, 3.63) is 0 Å². The molecule has 0 aliphatic heterocycles. The molecule has 0 unspecified atom stereocenters. The summed E-state index contributed by atoms with van der Waals surface area (Å²) in [5.74, 6) is -0.447. The van der Waals surface area contributed by atoms with Crippen LogP contribution in [0.3, 0.4) is 0 Å². The second-order valence-electron chi connectivity index (χ2n) is 3.94. The van der Waals surface area contributed by atoms with Crippen molar-refractivity contribution < 1.29 is 9.59 Å². The third-order valence-electron chi connectivity index (χ3n) is 2.11. The van der Waals surface area contributed by atoms with Crippen LogP contribution in [0.4, 0.5) is 0 Å². The summed E-state index contributed by atoms with van der Waals surface area (Å²) in [6, 6.07) is 0. The molecule has 0 saturated carbocycles. The lowest BCUT2D eigenvalue weighted by Gasteiger charge is -2.18. The van der Waals surface area contributed by atoms with Crippen molar-refractivity contribution in [3.8, 4) is 0 Å². The molecule has 0 aliphatic carbocycles. The first-order valence-electron chi connectivity index (χ1n) is 5.10. The number of nitrogens with two attached hydrogens (primary N) is 1. The van der Waals surface area contributed by atoms with Gasteiger partial charge in [0.15, 0.2) is 0 Å². The van der Waals surface area contributed by atoms with Gasteiger partial charge in [-0.15, -0.1) is 0 Å². The van der Waals surface area contributed by atoms with Crippen LogP contribution in [0.2, 0.25) is 0 Å². The molecule has 0 aromatic carbocycles. The number of primary amides is 1. The molecular weight excluding hydrogens is 194 g/mol. The van der Waals surface area contributed by atoms with E-state index in [1.54, 1.807) is 11.9 Å². The van der Waals surface area contributed by atoms with Gasteiger partial charge in [-0.3, -0.25) is 9.59 Å². The van der Waals surface area contributed by atoms with Gasteiger partial charge >= 0.3 is 0 Å². The highest BCUT2D eigenvalue weighted by Crippen LogP contribution is 1.96. The number of amides is 2. The highest BCUT2D eigenvalue weighted by molar-refractivity contribution is 5.82. The summed E-state index contributed by atoms with van der Waals surface area (Å²) in [4.78, 5) is 25.6. The van der Waals surface area contributed by atoms with E-state index in [-0.39, 0.29) is 18.7 Å².